The van der Waals surface area contributed by atoms with Crippen LogP contribution in [0.15, 0.2) is 12.3 Å². The zero-order valence-electron chi connectivity index (χ0n) is 7.97. The third kappa shape index (κ3) is 1.04. The van der Waals surface area contributed by atoms with Crippen molar-refractivity contribution in [2.24, 2.45) is 5.92 Å². The first kappa shape index (κ1) is 8.17. The molecule has 0 saturated carbocycles. The van der Waals surface area contributed by atoms with Crippen LogP contribution in [0, 0.1) is 5.92 Å². The van der Waals surface area contributed by atoms with Crippen LogP contribution in [-0.2, 0) is 0 Å². The number of aromatic nitrogens is 2. The minimum absolute atomic E-state index is 0.430. The molecule has 3 heterocycles. The molecule has 14 heavy (non-hydrogen) atoms. The number of aldehydes is 1. The molecule has 2 aliphatic rings. The average molecular weight is 191 g/mol. The second-order valence-electron chi connectivity index (χ2n) is 4.19. The third-order valence-electron chi connectivity index (χ3n) is 3.43. The summed E-state index contributed by atoms with van der Waals surface area (Å²) in [4.78, 5) is 13.2. The first-order chi connectivity index (χ1) is 6.88. The minimum Gasteiger partial charge on any atom is -0.301 e. The molecule has 2 saturated heterocycles. The summed E-state index contributed by atoms with van der Waals surface area (Å²) in [7, 11) is 0. The molecule has 0 radical (unpaired) electrons. The number of hydrogen-bond acceptors (Lipinski definition) is 3. The Morgan fingerprint density at radius 2 is 2.43 bits per heavy atom. The van der Waals surface area contributed by atoms with E-state index in [1.807, 2.05) is 4.68 Å². The largest absolute Gasteiger partial charge is 0.301 e. The number of fused-ring (bicyclic) bond motifs is 2. The molecule has 1 aromatic rings. The van der Waals surface area contributed by atoms with Crippen molar-refractivity contribution in [1.29, 1.82) is 0 Å². The van der Waals surface area contributed by atoms with Gasteiger partial charge in [-0.25, -0.2) is 0 Å². The molecular formula is C10H13N3O. The Labute approximate surface area is 82.5 Å². The molecule has 2 aliphatic heterocycles. The highest BCUT2D eigenvalue weighted by molar-refractivity contribution is 5.71. The van der Waals surface area contributed by atoms with Crippen molar-refractivity contribution in [2.75, 3.05) is 19.6 Å². The molecule has 0 aliphatic carbocycles. The van der Waals surface area contributed by atoms with Crippen molar-refractivity contribution in [1.82, 2.24) is 14.7 Å². The molecule has 3 rings (SSSR count). The maximum Gasteiger partial charge on any atom is 0.168 e. The van der Waals surface area contributed by atoms with Crippen LogP contribution in [0.4, 0.5) is 0 Å². The van der Waals surface area contributed by atoms with Crippen molar-refractivity contribution in [3.8, 4) is 0 Å². The first-order valence-corrected chi connectivity index (χ1v) is 5.09. The van der Waals surface area contributed by atoms with Gasteiger partial charge in [0.2, 0.25) is 0 Å². The van der Waals surface area contributed by atoms with Crippen LogP contribution in [0.2, 0.25) is 0 Å². The van der Waals surface area contributed by atoms with Gasteiger partial charge in [0.25, 0.3) is 0 Å². The predicted octanol–water partition coefficient (Wildman–Crippen LogP) is 0.572. The number of piperidine rings is 1. The second-order valence-corrected chi connectivity index (χ2v) is 4.19. The molecule has 0 amide bonds. The van der Waals surface area contributed by atoms with Crippen LogP contribution in [0.25, 0.3) is 0 Å². The van der Waals surface area contributed by atoms with Gasteiger partial charge in [0.1, 0.15) is 5.69 Å². The van der Waals surface area contributed by atoms with E-state index >= 15 is 0 Å². The smallest absolute Gasteiger partial charge is 0.168 e. The van der Waals surface area contributed by atoms with Gasteiger partial charge < -0.3 is 4.90 Å². The molecule has 4 heteroatoms. The molecule has 2 unspecified atom stereocenters. The number of carbonyl (C=O) groups excluding carboxylic acids is 1. The van der Waals surface area contributed by atoms with Gasteiger partial charge in [0.15, 0.2) is 6.29 Å². The van der Waals surface area contributed by atoms with E-state index in [1.54, 1.807) is 12.3 Å². The molecule has 0 N–H and O–H groups in total. The molecule has 2 bridgehead atoms. The van der Waals surface area contributed by atoms with E-state index < -0.39 is 0 Å². The Kier molecular flexibility index (Phi) is 1.70. The van der Waals surface area contributed by atoms with E-state index in [2.05, 4.69) is 10.00 Å². The van der Waals surface area contributed by atoms with Gasteiger partial charge in [-0.05, 0) is 24.9 Å². The number of nitrogens with zero attached hydrogens (tertiary/aromatic N) is 3. The predicted molar refractivity (Wildman–Crippen MR) is 51.2 cm³/mol. The third-order valence-corrected chi connectivity index (χ3v) is 3.43. The molecular weight excluding hydrogens is 178 g/mol. The Morgan fingerprint density at radius 1 is 1.50 bits per heavy atom. The van der Waals surface area contributed by atoms with Crippen molar-refractivity contribution >= 4 is 6.29 Å². The fourth-order valence-electron chi connectivity index (χ4n) is 2.73. The average Bonchev–Trinajstić information content (AvgIpc) is 2.92. The lowest BCUT2D eigenvalue weighted by Gasteiger charge is -2.23. The van der Waals surface area contributed by atoms with Crippen LogP contribution < -0.4 is 0 Å². The lowest BCUT2D eigenvalue weighted by atomic mass is 10.0. The monoisotopic (exact) mass is 191 g/mol. The molecule has 1 aromatic heterocycles. The lowest BCUT2D eigenvalue weighted by molar-refractivity contribution is 0.110. The SMILES string of the molecule is O=Cc1ccnn1C1CN2CC[C@H]1C2. The van der Waals surface area contributed by atoms with Crippen LogP contribution >= 0.6 is 0 Å². The van der Waals surface area contributed by atoms with Crippen molar-refractivity contribution in [3.05, 3.63) is 18.0 Å². The second kappa shape index (κ2) is 2.92. The van der Waals surface area contributed by atoms with Gasteiger partial charge in [-0.2, -0.15) is 5.10 Å². The molecule has 0 spiro atoms. The van der Waals surface area contributed by atoms with E-state index in [0.717, 1.165) is 12.8 Å². The number of carbonyl (C=O) groups is 1. The van der Waals surface area contributed by atoms with E-state index in [4.69, 9.17) is 0 Å². The quantitative estimate of drug-likeness (QED) is 0.641. The van der Waals surface area contributed by atoms with Crippen molar-refractivity contribution in [3.63, 3.8) is 0 Å². The molecule has 0 aromatic carbocycles. The Morgan fingerprint density at radius 3 is 3.07 bits per heavy atom. The van der Waals surface area contributed by atoms with Crippen LogP contribution in [-0.4, -0.2) is 40.6 Å². The van der Waals surface area contributed by atoms with Crippen LogP contribution in [0.5, 0.6) is 0 Å². The summed E-state index contributed by atoms with van der Waals surface area (Å²) in [6, 6.07) is 2.22. The standard InChI is InChI=1S/C10H13N3O/c14-7-9-1-3-11-13(9)10-6-12-4-2-8(10)5-12/h1,3,7-8,10H,2,4-6H2/t8-,10?/m0/s1. The zero-order valence-corrected chi connectivity index (χ0v) is 7.97. The summed E-state index contributed by atoms with van der Waals surface area (Å²) in [6.07, 6.45) is 3.86. The van der Waals surface area contributed by atoms with Crippen LogP contribution in [0.1, 0.15) is 23.0 Å². The topological polar surface area (TPSA) is 38.1 Å². The summed E-state index contributed by atoms with van der Waals surface area (Å²) in [5, 5.41) is 4.25. The maximum absolute atomic E-state index is 10.8. The normalized spacial score (nSPS) is 35.0. The lowest BCUT2D eigenvalue weighted by Crippen LogP contribution is -2.27. The summed E-state index contributed by atoms with van der Waals surface area (Å²) in [5.41, 5.74) is 0.712. The molecule has 2 fully saturated rings. The van der Waals surface area contributed by atoms with Gasteiger partial charge in [-0.15, -0.1) is 0 Å². The highest BCUT2D eigenvalue weighted by atomic mass is 16.1. The number of rotatable bonds is 2. The van der Waals surface area contributed by atoms with E-state index in [-0.39, 0.29) is 0 Å². The van der Waals surface area contributed by atoms with Gasteiger partial charge in [0.05, 0.1) is 6.04 Å². The van der Waals surface area contributed by atoms with Crippen molar-refractivity contribution < 1.29 is 4.79 Å². The maximum atomic E-state index is 10.8. The zero-order chi connectivity index (χ0) is 9.54. The first-order valence-electron chi connectivity index (χ1n) is 5.09. The van der Waals surface area contributed by atoms with Gasteiger partial charge in [0, 0.05) is 19.3 Å². The summed E-state index contributed by atoms with van der Waals surface area (Å²) in [5.74, 6) is 0.702. The fraction of sp³-hybridized carbons (Fsp3) is 0.600. The van der Waals surface area contributed by atoms with Gasteiger partial charge in [-0.1, -0.05) is 0 Å². The Hall–Kier alpha value is -1.16. The highest BCUT2D eigenvalue weighted by Gasteiger charge is 2.39. The van der Waals surface area contributed by atoms with Crippen LogP contribution in [0.3, 0.4) is 0 Å². The fourth-order valence-corrected chi connectivity index (χ4v) is 2.73. The molecule has 3 atom stereocenters. The summed E-state index contributed by atoms with van der Waals surface area (Å²) in [6.45, 7) is 3.47. The van der Waals surface area contributed by atoms with Gasteiger partial charge >= 0.3 is 0 Å². The Bertz CT molecular complexity index is 360. The summed E-state index contributed by atoms with van der Waals surface area (Å²) >= 11 is 0. The highest BCUT2D eigenvalue weighted by Crippen LogP contribution is 2.36. The van der Waals surface area contributed by atoms with Crippen molar-refractivity contribution in [2.45, 2.75) is 12.5 Å². The van der Waals surface area contributed by atoms with E-state index in [9.17, 15) is 4.79 Å². The minimum atomic E-state index is 0.430. The van der Waals surface area contributed by atoms with Gasteiger partial charge in [-0.3, -0.25) is 9.48 Å². The summed E-state index contributed by atoms with van der Waals surface area (Å²) < 4.78 is 1.90. The Balaban J connectivity index is 1.92. The molecule has 74 valence electrons. The van der Waals surface area contributed by atoms with E-state index in [0.29, 0.717) is 17.7 Å². The van der Waals surface area contributed by atoms with E-state index in [1.165, 1.54) is 19.5 Å². The molecule has 4 nitrogen and oxygen atoms in total. The number of hydrogen-bond donors (Lipinski definition) is 0.